The molecule has 0 amide bonds. The molecular weight excluding hydrogens is 505 g/mol. The molecule has 0 spiro atoms. The summed E-state index contributed by atoms with van der Waals surface area (Å²) in [5, 5.41) is 15.5. The molecule has 0 atom stereocenters. The number of guanidine groups is 1. The van der Waals surface area contributed by atoms with Gasteiger partial charge in [0, 0.05) is 32.2 Å². The molecule has 1 aromatic carbocycles. The molecule has 9 heteroatoms. The summed E-state index contributed by atoms with van der Waals surface area (Å²) in [5.74, 6) is 3.46. The van der Waals surface area contributed by atoms with E-state index in [1.165, 1.54) is 0 Å². The highest BCUT2D eigenvalue weighted by molar-refractivity contribution is 14.0. The zero-order valence-electron chi connectivity index (χ0n) is 19.3. The van der Waals surface area contributed by atoms with Crippen LogP contribution in [0.1, 0.15) is 43.9 Å². The van der Waals surface area contributed by atoms with Crippen LogP contribution >= 0.6 is 24.0 Å². The van der Waals surface area contributed by atoms with Crippen molar-refractivity contribution in [1.29, 1.82) is 0 Å². The van der Waals surface area contributed by atoms with E-state index in [-0.39, 0.29) is 24.0 Å². The Labute approximate surface area is 202 Å². The molecule has 2 N–H and O–H groups in total. The lowest BCUT2D eigenvalue weighted by atomic mass is 10.0. The van der Waals surface area contributed by atoms with Gasteiger partial charge in [-0.15, -0.1) is 34.2 Å². The number of hydrogen-bond acceptors (Lipinski definition) is 5. The zero-order chi connectivity index (χ0) is 21.5. The van der Waals surface area contributed by atoms with Crippen molar-refractivity contribution in [3.05, 3.63) is 41.5 Å². The molecule has 172 valence electrons. The molecule has 31 heavy (non-hydrogen) atoms. The molecule has 1 aliphatic heterocycles. The lowest BCUT2D eigenvalue weighted by Gasteiger charge is -2.35. The maximum atomic E-state index is 5.24. The van der Waals surface area contributed by atoms with Crippen LogP contribution in [0.25, 0.3) is 0 Å². The van der Waals surface area contributed by atoms with Crippen molar-refractivity contribution in [3.63, 3.8) is 0 Å². The normalized spacial score (nSPS) is 15.6. The van der Waals surface area contributed by atoms with Gasteiger partial charge in [-0.25, -0.2) is 4.99 Å². The number of aliphatic imine (C=N–C) groups is 1. The van der Waals surface area contributed by atoms with Gasteiger partial charge in [-0.05, 0) is 51.3 Å². The minimum absolute atomic E-state index is 0. The Hall–Kier alpha value is -1.88. The predicted octanol–water partition coefficient (Wildman–Crippen LogP) is 2.86. The van der Waals surface area contributed by atoms with Crippen molar-refractivity contribution in [3.8, 4) is 5.75 Å². The third kappa shape index (κ3) is 7.34. The standard InChI is InChI=1S/C22H35N7O.HI/c1-16(2)29-12-10-19(11-13-29)25-22(24-15-21-27-26-17(3)28(21)4)23-14-18-6-8-20(30-5)9-7-18;/h6-9,16,19H,10-15H2,1-5H3,(H2,23,24,25);1H. The van der Waals surface area contributed by atoms with Crippen LogP contribution < -0.4 is 15.4 Å². The fourth-order valence-electron chi connectivity index (χ4n) is 3.58. The summed E-state index contributed by atoms with van der Waals surface area (Å²) >= 11 is 0. The summed E-state index contributed by atoms with van der Waals surface area (Å²) in [6.07, 6.45) is 2.23. The van der Waals surface area contributed by atoms with Gasteiger partial charge in [0.25, 0.3) is 0 Å². The molecule has 1 aromatic heterocycles. The molecule has 0 saturated carbocycles. The van der Waals surface area contributed by atoms with Gasteiger partial charge >= 0.3 is 0 Å². The van der Waals surface area contributed by atoms with E-state index in [2.05, 4.69) is 39.6 Å². The molecule has 1 aliphatic rings. The highest BCUT2D eigenvalue weighted by Crippen LogP contribution is 2.14. The minimum atomic E-state index is 0. The third-order valence-corrected chi connectivity index (χ3v) is 5.78. The van der Waals surface area contributed by atoms with E-state index in [0.29, 0.717) is 25.2 Å². The van der Waals surface area contributed by atoms with Gasteiger partial charge < -0.3 is 24.8 Å². The van der Waals surface area contributed by atoms with E-state index in [1.54, 1.807) is 7.11 Å². The molecule has 8 nitrogen and oxygen atoms in total. The van der Waals surface area contributed by atoms with Crippen LogP contribution in [0.5, 0.6) is 5.75 Å². The van der Waals surface area contributed by atoms with Crippen LogP contribution in [0.4, 0.5) is 0 Å². The Kier molecular flexibility index (Phi) is 10.0. The first kappa shape index (κ1) is 25.4. The summed E-state index contributed by atoms with van der Waals surface area (Å²) in [5.41, 5.74) is 1.14. The molecule has 0 aliphatic carbocycles. The number of likely N-dealkylation sites (tertiary alicyclic amines) is 1. The first-order valence-electron chi connectivity index (χ1n) is 10.7. The number of aryl methyl sites for hydroxylation is 1. The van der Waals surface area contributed by atoms with E-state index in [9.17, 15) is 0 Å². The van der Waals surface area contributed by atoms with E-state index in [1.807, 2.05) is 42.8 Å². The smallest absolute Gasteiger partial charge is 0.192 e. The van der Waals surface area contributed by atoms with E-state index in [4.69, 9.17) is 9.73 Å². The van der Waals surface area contributed by atoms with Crippen LogP contribution in [0.3, 0.4) is 0 Å². The first-order valence-corrected chi connectivity index (χ1v) is 10.7. The number of methoxy groups -OCH3 is 1. The van der Waals surface area contributed by atoms with Gasteiger partial charge in [0.1, 0.15) is 11.6 Å². The SMILES string of the molecule is COc1ccc(CN=C(NCc2nnc(C)n2C)NC2CCN(C(C)C)CC2)cc1.I. The minimum Gasteiger partial charge on any atom is -0.497 e. The average molecular weight is 541 g/mol. The van der Waals surface area contributed by atoms with E-state index < -0.39 is 0 Å². The van der Waals surface area contributed by atoms with Crippen LogP contribution in [0, 0.1) is 6.92 Å². The van der Waals surface area contributed by atoms with E-state index in [0.717, 1.165) is 54.9 Å². The second-order valence-corrected chi connectivity index (χ2v) is 8.14. The Morgan fingerprint density at radius 1 is 1.19 bits per heavy atom. The summed E-state index contributed by atoms with van der Waals surface area (Å²) in [7, 11) is 3.66. The van der Waals surface area contributed by atoms with Gasteiger partial charge in [0.15, 0.2) is 11.8 Å². The third-order valence-electron chi connectivity index (χ3n) is 5.78. The summed E-state index contributed by atoms with van der Waals surface area (Å²) in [6.45, 7) is 9.89. The molecule has 0 radical (unpaired) electrons. The Morgan fingerprint density at radius 3 is 2.42 bits per heavy atom. The van der Waals surface area contributed by atoms with Crippen molar-refractivity contribution in [2.75, 3.05) is 20.2 Å². The maximum Gasteiger partial charge on any atom is 0.192 e. The van der Waals surface area contributed by atoms with Crippen LogP contribution in [-0.4, -0.2) is 57.9 Å². The first-order chi connectivity index (χ1) is 14.5. The number of rotatable bonds is 7. The van der Waals surface area contributed by atoms with Gasteiger partial charge in [0.05, 0.1) is 20.2 Å². The molecule has 2 aromatic rings. The molecule has 1 saturated heterocycles. The Morgan fingerprint density at radius 2 is 1.87 bits per heavy atom. The number of aromatic nitrogens is 3. The zero-order valence-corrected chi connectivity index (χ0v) is 21.6. The number of ether oxygens (including phenoxy) is 1. The van der Waals surface area contributed by atoms with Crippen LogP contribution in [0.15, 0.2) is 29.3 Å². The lowest BCUT2D eigenvalue weighted by Crippen LogP contribution is -2.49. The van der Waals surface area contributed by atoms with Gasteiger partial charge in [-0.3, -0.25) is 0 Å². The molecule has 2 heterocycles. The van der Waals surface area contributed by atoms with Gasteiger partial charge in [-0.2, -0.15) is 0 Å². The number of halogens is 1. The molecule has 0 bridgehead atoms. The average Bonchev–Trinajstić information content (AvgIpc) is 3.08. The topological polar surface area (TPSA) is 79.6 Å². The maximum absolute atomic E-state index is 5.24. The van der Waals surface area contributed by atoms with Crippen LogP contribution in [0.2, 0.25) is 0 Å². The Balaban J connectivity index is 0.00000341. The van der Waals surface area contributed by atoms with Gasteiger partial charge in [-0.1, -0.05) is 12.1 Å². The van der Waals surface area contributed by atoms with Crippen molar-refractivity contribution < 1.29 is 4.74 Å². The van der Waals surface area contributed by atoms with Crippen LogP contribution in [-0.2, 0) is 20.1 Å². The monoisotopic (exact) mass is 541 g/mol. The molecule has 1 fully saturated rings. The molecule has 3 rings (SSSR count). The molecule has 0 unspecified atom stereocenters. The fraction of sp³-hybridized carbons (Fsp3) is 0.591. The quantitative estimate of drug-likeness (QED) is 0.319. The summed E-state index contributed by atoms with van der Waals surface area (Å²) < 4.78 is 7.24. The summed E-state index contributed by atoms with van der Waals surface area (Å²) in [6, 6.07) is 9.06. The second-order valence-electron chi connectivity index (χ2n) is 8.14. The van der Waals surface area contributed by atoms with Crippen molar-refractivity contribution in [2.45, 2.75) is 58.8 Å². The Bertz CT molecular complexity index is 827. The summed E-state index contributed by atoms with van der Waals surface area (Å²) in [4.78, 5) is 7.36. The van der Waals surface area contributed by atoms with E-state index >= 15 is 0 Å². The second kappa shape index (κ2) is 12.2. The van der Waals surface area contributed by atoms with Crippen molar-refractivity contribution >= 4 is 29.9 Å². The number of nitrogens with zero attached hydrogens (tertiary/aromatic N) is 5. The van der Waals surface area contributed by atoms with Crippen molar-refractivity contribution in [1.82, 2.24) is 30.3 Å². The highest BCUT2D eigenvalue weighted by Gasteiger charge is 2.21. The number of nitrogens with one attached hydrogen (secondary N) is 2. The number of hydrogen-bond donors (Lipinski definition) is 2. The number of benzene rings is 1. The predicted molar refractivity (Wildman–Crippen MR) is 135 cm³/mol. The van der Waals surface area contributed by atoms with Crippen molar-refractivity contribution in [2.24, 2.45) is 12.0 Å². The highest BCUT2D eigenvalue weighted by atomic mass is 127. The lowest BCUT2D eigenvalue weighted by molar-refractivity contribution is 0.167. The largest absolute Gasteiger partial charge is 0.497 e. The fourth-order valence-corrected chi connectivity index (χ4v) is 3.58. The number of piperidine rings is 1. The van der Waals surface area contributed by atoms with Gasteiger partial charge in [0.2, 0.25) is 0 Å². The molecular formula is C22H36IN7O.